The highest BCUT2D eigenvalue weighted by atomic mass is 79.9. The molecule has 0 saturated carbocycles. The van der Waals surface area contributed by atoms with Gasteiger partial charge in [-0.25, -0.2) is 4.39 Å². The molecule has 1 amide bonds. The normalized spacial score (nSPS) is 24.1. The van der Waals surface area contributed by atoms with Gasteiger partial charge in [-0.05, 0) is 48.0 Å². The molecule has 1 N–H and O–H groups in total. The summed E-state index contributed by atoms with van der Waals surface area (Å²) in [6.45, 7) is 5.60. The zero-order chi connectivity index (χ0) is 13.3. The number of amides is 1. The number of benzene rings is 1. The van der Waals surface area contributed by atoms with Gasteiger partial charge in [0.1, 0.15) is 5.82 Å². The monoisotopic (exact) mass is 314 g/mol. The van der Waals surface area contributed by atoms with E-state index in [0.29, 0.717) is 10.0 Å². The van der Waals surface area contributed by atoms with Crippen LogP contribution >= 0.6 is 15.9 Å². The van der Waals surface area contributed by atoms with Crippen molar-refractivity contribution in [1.82, 2.24) is 10.2 Å². The summed E-state index contributed by atoms with van der Waals surface area (Å²) in [7, 11) is 0. The fourth-order valence-corrected chi connectivity index (χ4v) is 2.86. The van der Waals surface area contributed by atoms with Crippen molar-refractivity contribution in [2.24, 2.45) is 0 Å². The lowest BCUT2D eigenvalue weighted by Crippen LogP contribution is -2.57. The fourth-order valence-electron chi connectivity index (χ4n) is 2.33. The van der Waals surface area contributed by atoms with Gasteiger partial charge in [0.25, 0.3) is 5.91 Å². The Morgan fingerprint density at radius 2 is 2.00 bits per heavy atom. The van der Waals surface area contributed by atoms with E-state index in [2.05, 4.69) is 21.2 Å². The first-order chi connectivity index (χ1) is 8.50. The molecule has 1 aliphatic rings. The molecule has 2 atom stereocenters. The molecule has 0 radical (unpaired) electrons. The zero-order valence-corrected chi connectivity index (χ0v) is 12.0. The Kier molecular flexibility index (Phi) is 4.02. The minimum Gasteiger partial charge on any atom is -0.331 e. The van der Waals surface area contributed by atoms with Gasteiger partial charge in [-0.3, -0.25) is 4.79 Å². The third kappa shape index (κ3) is 2.57. The Morgan fingerprint density at radius 3 is 2.56 bits per heavy atom. The second kappa shape index (κ2) is 5.36. The molecule has 98 valence electrons. The minimum atomic E-state index is -0.347. The second-order valence-electron chi connectivity index (χ2n) is 4.69. The standard InChI is InChI=1S/C13H16BrFN2O/c1-8-6-16-7-9(2)17(8)13(18)11-4-3-10(15)5-12(11)14/h3-5,8-9,16H,6-7H2,1-2H3. The molecule has 1 fully saturated rings. The third-order valence-electron chi connectivity index (χ3n) is 3.23. The van der Waals surface area contributed by atoms with Crippen LogP contribution in [0.2, 0.25) is 0 Å². The first-order valence-electron chi connectivity index (χ1n) is 5.99. The van der Waals surface area contributed by atoms with Crippen molar-refractivity contribution >= 4 is 21.8 Å². The number of halogens is 2. The van der Waals surface area contributed by atoms with Crippen molar-refractivity contribution in [3.05, 3.63) is 34.1 Å². The molecule has 1 aromatic rings. The van der Waals surface area contributed by atoms with Crippen LogP contribution in [-0.2, 0) is 0 Å². The van der Waals surface area contributed by atoms with Crippen molar-refractivity contribution in [1.29, 1.82) is 0 Å². The molecule has 0 aromatic heterocycles. The topological polar surface area (TPSA) is 32.3 Å². The van der Waals surface area contributed by atoms with Gasteiger partial charge in [0.15, 0.2) is 0 Å². The molecule has 2 rings (SSSR count). The molecule has 1 aliphatic heterocycles. The molecule has 0 bridgehead atoms. The average molecular weight is 315 g/mol. The van der Waals surface area contributed by atoms with Gasteiger partial charge in [-0.1, -0.05) is 0 Å². The predicted molar refractivity (Wildman–Crippen MR) is 72.1 cm³/mol. The molecule has 1 saturated heterocycles. The molecule has 1 aromatic carbocycles. The van der Waals surface area contributed by atoms with Crippen LogP contribution in [0, 0.1) is 5.82 Å². The van der Waals surface area contributed by atoms with Crippen molar-refractivity contribution in [3.8, 4) is 0 Å². The van der Waals surface area contributed by atoms with Gasteiger partial charge in [0.05, 0.1) is 5.56 Å². The van der Waals surface area contributed by atoms with Gasteiger partial charge >= 0.3 is 0 Å². The summed E-state index contributed by atoms with van der Waals surface area (Å²) in [5, 5.41) is 3.28. The summed E-state index contributed by atoms with van der Waals surface area (Å²) in [6.07, 6.45) is 0. The largest absolute Gasteiger partial charge is 0.331 e. The second-order valence-corrected chi connectivity index (χ2v) is 5.55. The molecule has 5 heteroatoms. The molecular formula is C13H16BrFN2O. The first-order valence-corrected chi connectivity index (χ1v) is 6.78. The number of piperazine rings is 1. The highest BCUT2D eigenvalue weighted by molar-refractivity contribution is 9.10. The first kappa shape index (κ1) is 13.5. The lowest BCUT2D eigenvalue weighted by Gasteiger charge is -2.39. The van der Waals surface area contributed by atoms with Gasteiger partial charge < -0.3 is 10.2 Å². The van der Waals surface area contributed by atoms with Gasteiger partial charge in [0.2, 0.25) is 0 Å². The van der Waals surface area contributed by atoms with E-state index in [9.17, 15) is 9.18 Å². The number of carbonyl (C=O) groups is 1. The molecule has 3 nitrogen and oxygen atoms in total. The number of nitrogens with one attached hydrogen (secondary N) is 1. The van der Waals surface area contributed by atoms with Crippen LogP contribution in [0.4, 0.5) is 4.39 Å². The Morgan fingerprint density at radius 1 is 1.39 bits per heavy atom. The summed E-state index contributed by atoms with van der Waals surface area (Å²) >= 11 is 3.25. The van der Waals surface area contributed by atoms with E-state index in [4.69, 9.17) is 0 Å². The van der Waals surface area contributed by atoms with Crippen molar-refractivity contribution in [2.45, 2.75) is 25.9 Å². The Bertz CT molecular complexity index is 456. The van der Waals surface area contributed by atoms with Crippen LogP contribution in [0.15, 0.2) is 22.7 Å². The van der Waals surface area contributed by atoms with E-state index >= 15 is 0 Å². The number of nitrogens with zero attached hydrogens (tertiary/aromatic N) is 1. The Balaban J connectivity index is 2.29. The minimum absolute atomic E-state index is 0.0524. The van der Waals surface area contributed by atoms with Gasteiger partial charge in [0, 0.05) is 29.6 Å². The van der Waals surface area contributed by atoms with E-state index in [1.807, 2.05) is 18.7 Å². The van der Waals surface area contributed by atoms with E-state index in [0.717, 1.165) is 13.1 Å². The molecular weight excluding hydrogens is 299 g/mol. The van der Waals surface area contributed by atoms with Crippen LogP contribution in [0.3, 0.4) is 0 Å². The summed E-state index contributed by atoms with van der Waals surface area (Å²) in [5.41, 5.74) is 0.511. The van der Waals surface area contributed by atoms with Crippen LogP contribution in [0.25, 0.3) is 0 Å². The lowest BCUT2D eigenvalue weighted by atomic mass is 10.1. The molecule has 0 spiro atoms. The van der Waals surface area contributed by atoms with Crippen molar-refractivity contribution < 1.29 is 9.18 Å². The molecule has 1 heterocycles. The predicted octanol–water partition coefficient (Wildman–Crippen LogP) is 2.41. The maximum atomic E-state index is 13.0. The zero-order valence-electron chi connectivity index (χ0n) is 10.4. The van der Waals surface area contributed by atoms with E-state index in [1.54, 1.807) is 0 Å². The number of hydrogen-bond donors (Lipinski definition) is 1. The number of carbonyl (C=O) groups excluding carboxylic acids is 1. The Hall–Kier alpha value is -0.940. The Labute approximate surface area is 114 Å². The maximum Gasteiger partial charge on any atom is 0.255 e. The lowest BCUT2D eigenvalue weighted by molar-refractivity contribution is 0.0543. The van der Waals surface area contributed by atoms with Crippen molar-refractivity contribution in [2.75, 3.05) is 13.1 Å². The summed E-state index contributed by atoms with van der Waals surface area (Å²) in [4.78, 5) is 14.4. The van der Waals surface area contributed by atoms with Gasteiger partial charge in [-0.2, -0.15) is 0 Å². The highest BCUT2D eigenvalue weighted by Crippen LogP contribution is 2.22. The SMILES string of the molecule is CC1CNCC(C)N1C(=O)c1ccc(F)cc1Br. The summed E-state index contributed by atoms with van der Waals surface area (Å²) in [6, 6.07) is 4.44. The smallest absolute Gasteiger partial charge is 0.255 e. The molecule has 0 aliphatic carbocycles. The maximum absolute atomic E-state index is 13.0. The quantitative estimate of drug-likeness (QED) is 0.863. The van der Waals surface area contributed by atoms with Crippen LogP contribution in [-0.4, -0.2) is 36.0 Å². The van der Waals surface area contributed by atoms with Crippen LogP contribution < -0.4 is 5.32 Å². The number of rotatable bonds is 1. The van der Waals surface area contributed by atoms with Crippen molar-refractivity contribution in [3.63, 3.8) is 0 Å². The van der Waals surface area contributed by atoms with Gasteiger partial charge in [-0.15, -0.1) is 0 Å². The molecule has 2 unspecified atom stereocenters. The third-order valence-corrected chi connectivity index (χ3v) is 3.88. The molecule has 18 heavy (non-hydrogen) atoms. The van der Waals surface area contributed by atoms with E-state index < -0.39 is 0 Å². The average Bonchev–Trinajstić information content (AvgIpc) is 2.28. The summed E-state index contributed by atoms with van der Waals surface area (Å²) < 4.78 is 13.5. The van der Waals surface area contributed by atoms with E-state index in [-0.39, 0.29) is 23.8 Å². The van der Waals surface area contributed by atoms with E-state index in [1.165, 1.54) is 18.2 Å². The highest BCUT2D eigenvalue weighted by Gasteiger charge is 2.30. The fraction of sp³-hybridized carbons (Fsp3) is 0.462. The summed E-state index contributed by atoms with van der Waals surface area (Å²) in [5.74, 6) is -0.400. The van der Waals surface area contributed by atoms with Crippen LogP contribution in [0.5, 0.6) is 0 Å². The number of hydrogen-bond acceptors (Lipinski definition) is 2. The van der Waals surface area contributed by atoms with Crippen LogP contribution in [0.1, 0.15) is 24.2 Å².